The topological polar surface area (TPSA) is 0 Å². The SMILES string of the molecule is CC[C@H]1CC(CC(C)C2CC(C)(C)CC2(C)C)CCC1(F)F. The van der Waals surface area contributed by atoms with E-state index in [2.05, 4.69) is 34.6 Å². The third-order valence-electron chi connectivity index (χ3n) is 6.70. The molecule has 2 heteroatoms. The highest BCUT2D eigenvalue weighted by Crippen LogP contribution is 2.56. The van der Waals surface area contributed by atoms with Crippen LogP contribution in [0, 0.1) is 34.5 Å². The molecule has 0 nitrogen and oxygen atoms in total. The van der Waals surface area contributed by atoms with E-state index < -0.39 is 5.92 Å². The maximum absolute atomic E-state index is 13.9. The van der Waals surface area contributed by atoms with Crippen molar-refractivity contribution in [3.05, 3.63) is 0 Å². The molecule has 2 rings (SSSR count). The van der Waals surface area contributed by atoms with Gasteiger partial charge in [0.05, 0.1) is 0 Å². The van der Waals surface area contributed by atoms with Crippen molar-refractivity contribution in [2.75, 3.05) is 0 Å². The molecular formula is C20H36F2. The van der Waals surface area contributed by atoms with Gasteiger partial charge in [0.1, 0.15) is 0 Å². The molecule has 0 spiro atoms. The Morgan fingerprint density at radius 1 is 1.14 bits per heavy atom. The zero-order valence-electron chi connectivity index (χ0n) is 15.5. The summed E-state index contributed by atoms with van der Waals surface area (Å²) < 4.78 is 27.8. The Hall–Kier alpha value is -0.140. The van der Waals surface area contributed by atoms with E-state index in [1.165, 1.54) is 12.8 Å². The maximum atomic E-state index is 13.9. The molecule has 130 valence electrons. The predicted molar refractivity (Wildman–Crippen MR) is 90.1 cm³/mol. The first kappa shape index (κ1) is 18.2. The lowest BCUT2D eigenvalue weighted by Crippen LogP contribution is -2.36. The molecule has 0 aliphatic heterocycles. The number of hydrogen-bond acceptors (Lipinski definition) is 0. The van der Waals surface area contributed by atoms with Gasteiger partial charge < -0.3 is 0 Å². The molecule has 2 fully saturated rings. The van der Waals surface area contributed by atoms with Gasteiger partial charge in [0.25, 0.3) is 5.92 Å². The second kappa shape index (κ2) is 6.06. The monoisotopic (exact) mass is 314 g/mol. The fourth-order valence-corrected chi connectivity index (χ4v) is 5.94. The highest BCUT2D eigenvalue weighted by atomic mass is 19.3. The van der Waals surface area contributed by atoms with Crippen LogP contribution in [0.1, 0.15) is 86.5 Å². The van der Waals surface area contributed by atoms with Crippen LogP contribution in [0.25, 0.3) is 0 Å². The summed E-state index contributed by atoms with van der Waals surface area (Å²) in [5.74, 6) is -0.884. The van der Waals surface area contributed by atoms with Crippen LogP contribution in [-0.2, 0) is 0 Å². The lowest BCUT2D eigenvalue weighted by Gasteiger charge is -2.39. The van der Waals surface area contributed by atoms with Crippen molar-refractivity contribution in [2.45, 2.75) is 92.4 Å². The fraction of sp³-hybridized carbons (Fsp3) is 1.00. The van der Waals surface area contributed by atoms with Crippen molar-refractivity contribution in [1.82, 2.24) is 0 Å². The van der Waals surface area contributed by atoms with Crippen LogP contribution >= 0.6 is 0 Å². The van der Waals surface area contributed by atoms with Crippen molar-refractivity contribution >= 4 is 0 Å². The normalized spacial score (nSPS) is 37.9. The van der Waals surface area contributed by atoms with Crippen molar-refractivity contribution < 1.29 is 8.78 Å². The number of halogens is 2. The summed E-state index contributed by atoms with van der Waals surface area (Å²) in [7, 11) is 0. The first-order valence-corrected chi connectivity index (χ1v) is 9.35. The van der Waals surface area contributed by atoms with Crippen molar-refractivity contribution in [1.29, 1.82) is 0 Å². The number of rotatable bonds is 4. The van der Waals surface area contributed by atoms with E-state index >= 15 is 0 Å². The highest BCUT2D eigenvalue weighted by Gasteiger charge is 2.48. The average Bonchev–Trinajstić information content (AvgIpc) is 2.59. The van der Waals surface area contributed by atoms with Gasteiger partial charge >= 0.3 is 0 Å². The second-order valence-electron chi connectivity index (χ2n) is 9.86. The van der Waals surface area contributed by atoms with E-state index in [0.717, 1.165) is 25.2 Å². The zero-order chi connectivity index (χ0) is 16.8. The summed E-state index contributed by atoms with van der Waals surface area (Å²) in [6, 6.07) is 0. The Bertz CT molecular complexity index is 383. The quantitative estimate of drug-likeness (QED) is 0.527. The average molecular weight is 315 g/mol. The minimum absolute atomic E-state index is 0.114. The molecular weight excluding hydrogens is 278 g/mol. The number of hydrogen-bond donors (Lipinski definition) is 0. The smallest absolute Gasteiger partial charge is 0.207 e. The summed E-state index contributed by atoms with van der Waals surface area (Å²) in [6.45, 7) is 13.9. The van der Waals surface area contributed by atoms with Gasteiger partial charge in [-0.25, -0.2) is 8.78 Å². The largest absolute Gasteiger partial charge is 0.250 e. The van der Waals surface area contributed by atoms with Gasteiger partial charge in [-0.05, 0) is 67.1 Å². The second-order valence-corrected chi connectivity index (χ2v) is 9.86. The van der Waals surface area contributed by atoms with E-state index in [4.69, 9.17) is 0 Å². The fourth-order valence-electron chi connectivity index (χ4n) is 5.94. The highest BCUT2D eigenvalue weighted by molar-refractivity contribution is 4.97. The van der Waals surface area contributed by atoms with Gasteiger partial charge in [-0.1, -0.05) is 41.5 Å². The van der Waals surface area contributed by atoms with Gasteiger partial charge in [-0.2, -0.15) is 0 Å². The first-order chi connectivity index (χ1) is 9.97. The molecule has 0 radical (unpaired) electrons. The Morgan fingerprint density at radius 3 is 2.27 bits per heavy atom. The zero-order valence-corrected chi connectivity index (χ0v) is 15.5. The molecule has 2 saturated carbocycles. The molecule has 4 atom stereocenters. The molecule has 2 aliphatic carbocycles. The van der Waals surface area contributed by atoms with Gasteiger partial charge in [0, 0.05) is 12.3 Å². The van der Waals surface area contributed by atoms with Crippen LogP contribution in [0.15, 0.2) is 0 Å². The van der Waals surface area contributed by atoms with Gasteiger partial charge in [-0.3, -0.25) is 0 Å². The third-order valence-corrected chi connectivity index (χ3v) is 6.70. The molecule has 0 heterocycles. The molecule has 0 saturated heterocycles. The summed E-state index contributed by atoms with van der Waals surface area (Å²) >= 11 is 0. The Kier molecular flexibility index (Phi) is 5.01. The summed E-state index contributed by atoms with van der Waals surface area (Å²) in [5.41, 5.74) is 0.833. The maximum Gasteiger partial charge on any atom is 0.250 e. The van der Waals surface area contributed by atoms with Crippen molar-refractivity contribution in [3.8, 4) is 0 Å². The molecule has 0 aromatic rings. The van der Waals surface area contributed by atoms with Crippen LogP contribution in [0.2, 0.25) is 0 Å². The minimum Gasteiger partial charge on any atom is -0.207 e. The summed E-state index contributed by atoms with van der Waals surface area (Å²) in [6.07, 6.45) is 5.93. The summed E-state index contributed by atoms with van der Waals surface area (Å²) in [4.78, 5) is 0. The van der Waals surface area contributed by atoms with Crippen LogP contribution in [-0.4, -0.2) is 5.92 Å². The third kappa shape index (κ3) is 3.85. The summed E-state index contributed by atoms with van der Waals surface area (Å²) in [5, 5.41) is 0. The van der Waals surface area contributed by atoms with E-state index in [9.17, 15) is 8.78 Å². The molecule has 2 aliphatic rings. The van der Waals surface area contributed by atoms with E-state index in [-0.39, 0.29) is 12.3 Å². The Labute approximate surface area is 136 Å². The van der Waals surface area contributed by atoms with Gasteiger partial charge in [-0.15, -0.1) is 0 Å². The Morgan fingerprint density at radius 2 is 1.77 bits per heavy atom. The molecule has 3 unspecified atom stereocenters. The van der Waals surface area contributed by atoms with Crippen LogP contribution in [0.5, 0.6) is 0 Å². The van der Waals surface area contributed by atoms with Crippen molar-refractivity contribution in [2.24, 2.45) is 34.5 Å². The number of alkyl halides is 2. The van der Waals surface area contributed by atoms with Gasteiger partial charge in [0.15, 0.2) is 0 Å². The van der Waals surface area contributed by atoms with Crippen LogP contribution < -0.4 is 0 Å². The lowest BCUT2D eigenvalue weighted by atomic mass is 9.69. The van der Waals surface area contributed by atoms with E-state index in [0.29, 0.717) is 29.1 Å². The standard InChI is InChI=1S/C20H36F2/c1-7-16-11-15(8-9-20(16,21)22)10-14(2)17-12-18(3,4)13-19(17,5)6/h14-17H,7-13H2,1-6H3/t14?,15?,16-,17?/m0/s1. The molecule has 0 amide bonds. The van der Waals surface area contributed by atoms with Crippen molar-refractivity contribution in [3.63, 3.8) is 0 Å². The van der Waals surface area contributed by atoms with E-state index in [1.54, 1.807) is 0 Å². The molecule has 0 aromatic heterocycles. The first-order valence-electron chi connectivity index (χ1n) is 9.35. The lowest BCUT2D eigenvalue weighted by molar-refractivity contribution is -0.101. The van der Waals surface area contributed by atoms with Crippen LogP contribution in [0.3, 0.4) is 0 Å². The molecule has 0 N–H and O–H groups in total. The van der Waals surface area contributed by atoms with Crippen LogP contribution in [0.4, 0.5) is 8.78 Å². The molecule has 0 bridgehead atoms. The Balaban J connectivity index is 1.97. The predicted octanol–water partition coefficient (Wildman–Crippen LogP) is 6.94. The van der Waals surface area contributed by atoms with Gasteiger partial charge in [0.2, 0.25) is 0 Å². The molecule has 22 heavy (non-hydrogen) atoms. The minimum atomic E-state index is -2.41. The van der Waals surface area contributed by atoms with E-state index in [1.807, 2.05) is 6.92 Å². The molecule has 0 aromatic carbocycles.